The number of anilines is 1. The van der Waals surface area contributed by atoms with E-state index in [1.165, 1.54) is 6.07 Å². The summed E-state index contributed by atoms with van der Waals surface area (Å²) < 4.78 is 0. The highest BCUT2D eigenvalue weighted by Crippen LogP contribution is 2.01. The van der Waals surface area contributed by atoms with Crippen LogP contribution < -0.4 is 5.73 Å². The number of nitrogens with zero attached hydrogens (tertiary/aromatic N) is 3. The van der Waals surface area contributed by atoms with Crippen molar-refractivity contribution in [2.75, 3.05) is 5.73 Å². The van der Waals surface area contributed by atoms with Crippen molar-refractivity contribution in [2.24, 2.45) is 0 Å². The maximum absolute atomic E-state index is 11.0. The van der Waals surface area contributed by atoms with Gasteiger partial charge in [0.15, 0.2) is 5.69 Å². The van der Waals surface area contributed by atoms with Gasteiger partial charge < -0.3 is 10.8 Å². The summed E-state index contributed by atoms with van der Waals surface area (Å²) in [7, 11) is 0. The van der Waals surface area contributed by atoms with Gasteiger partial charge in [-0.1, -0.05) is 10.3 Å². The molecule has 1 heterocycles. The molecule has 14 heavy (non-hydrogen) atoms. The Labute approximate surface area is 77.5 Å². The standard InChI is InChI=1S/C6H5N4O4/c7-4-2-1-3(8-9-4)5(11)10(14)6(12)13/h1-2H,(H2,7,9)(H,12,13). The van der Waals surface area contributed by atoms with Crippen LogP contribution >= 0.6 is 0 Å². The Hall–Kier alpha value is -2.22. The third-order valence-corrected chi connectivity index (χ3v) is 1.26. The molecule has 8 nitrogen and oxygen atoms in total. The summed E-state index contributed by atoms with van der Waals surface area (Å²) in [6, 6.07) is 2.34. The van der Waals surface area contributed by atoms with Gasteiger partial charge in [-0.2, -0.15) is 0 Å². The topological polar surface area (TPSA) is 129 Å². The number of imide groups is 1. The number of hydrogen-bond donors (Lipinski definition) is 2. The van der Waals surface area contributed by atoms with Gasteiger partial charge in [-0.3, -0.25) is 4.79 Å². The summed E-state index contributed by atoms with van der Waals surface area (Å²) in [4.78, 5) is 21.1. The molecule has 3 N–H and O–H groups in total. The van der Waals surface area contributed by atoms with Gasteiger partial charge in [0.1, 0.15) is 5.82 Å². The first-order valence-electron chi connectivity index (χ1n) is 3.36. The molecular weight excluding hydrogens is 192 g/mol. The normalized spacial score (nSPS) is 9.50. The monoisotopic (exact) mass is 197 g/mol. The Morgan fingerprint density at radius 3 is 2.43 bits per heavy atom. The van der Waals surface area contributed by atoms with E-state index in [0.29, 0.717) is 0 Å². The van der Waals surface area contributed by atoms with Crippen LogP contribution in [0.15, 0.2) is 12.1 Å². The fraction of sp³-hybridized carbons (Fsp3) is 0. The first kappa shape index (κ1) is 9.86. The molecule has 1 radical (unpaired) electrons. The molecule has 0 aromatic carbocycles. The number of hydrogen-bond acceptors (Lipinski definition) is 5. The average Bonchev–Trinajstić information content (AvgIpc) is 2.16. The number of rotatable bonds is 1. The number of amides is 2. The molecule has 0 aliphatic rings. The van der Waals surface area contributed by atoms with Gasteiger partial charge in [0, 0.05) is 0 Å². The van der Waals surface area contributed by atoms with Crippen LogP contribution in [0.2, 0.25) is 0 Å². The van der Waals surface area contributed by atoms with Crippen molar-refractivity contribution in [3.05, 3.63) is 17.8 Å². The minimum absolute atomic E-state index is 0.0642. The van der Waals surface area contributed by atoms with E-state index >= 15 is 0 Å². The second-order valence-corrected chi connectivity index (χ2v) is 2.23. The molecule has 8 heteroatoms. The summed E-state index contributed by atoms with van der Waals surface area (Å²) in [6.45, 7) is 0. The number of aromatic nitrogens is 2. The number of carboxylic acid groups (broad SMARTS) is 1. The van der Waals surface area contributed by atoms with Crippen LogP contribution in [0, 0.1) is 0 Å². The van der Waals surface area contributed by atoms with Crippen molar-refractivity contribution in [2.45, 2.75) is 0 Å². The van der Waals surface area contributed by atoms with Gasteiger partial charge in [0.2, 0.25) is 0 Å². The van der Waals surface area contributed by atoms with E-state index in [9.17, 15) is 14.8 Å². The zero-order valence-corrected chi connectivity index (χ0v) is 6.75. The second kappa shape index (κ2) is 3.66. The molecule has 0 saturated carbocycles. The number of carbonyl (C=O) groups excluding carboxylic acids is 1. The maximum Gasteiger partial charge on any atom is 0.441 e. The highest BCUT2D eigenvalue weighted by atomic mass is 16.6. The quantitative estimate of drug-likeness (QED) is 0.585. The predicted octanol–water partition coefficient (Wildman–Crippen LogP) is -0.476. The van der Waals surface area contributed by atoms with Crippen LogP contribution in [0.4, 0.5) is 10.6 Å². The molecule has 0 aliphatic heterocycles. The number of nitrogen functional groups attached to an aromatic ring is 1. The van der Waals surface area contributed by atoms with Crippen molar-refractivity contribution < 1.29 is 19.9 Å². The smallest absolute Gasteiger partial charge is 0.441 e. The van der Waals surface area contributed by atoms with Crippen molar-refractivity contribution in [1.82, 2.24) is 15.3 Å². The van der Waals surface area contributed by atoms with Crippen LogP contribution in [0.25, 0.3) is 0 Å². The van der Waals surface area contributed by atoms with Crippen LogP contribution in [0.3, 0.4) is 0 Å². The Morgan fingerprint density at radius 2 is 2.00 bits per heavy atom. The minimum Gasteiger partial charge on any atom is -0.463 e. The van der Waals surface area contributed by atoms with Crippen molar-refractivity contribution in [3.8, 4) is 0 Å². The zero-order chi connectivity index (χ0) is 10.7. The Kier molecular flexibility index (Phi) is 2.58. The number of carbonyl (C=O) groups is 2. The van der Waals surface area contributed by atoms with Crippen LogP contribution in [-0.2, 0) is 5.21 Å². The summed E-state index contributed by atoms with van der Waals surface area (Å²) in [5.74, 6) is -1.24. The predicted molar refractivity (Wildman–Crippen MR) is 41.3 cm³/mol. The second-order valence-electron chi connectivity index (χ2n) is 2.23. The van der Waals surface area contributed by atoms with Gasteiger partial charge in [-0.05, 0) is 12.1 Å². The zero-order valence-electron chi connectivity index (χ0n) is 6.75. The Balaban J connectivity index is 2.90. The van der Waals surface area contributed by atoms with Gasteiger partial charge in [0.05, 0.1) is 0 Å². The third-order valence-electron chi connectivity index (χ3n) is 1.26. The summed E-state index contributed by atoms with van der Waals surface area (Å²) in [6.07, 6.45) is -1.91. The molecular formula is C6H5N4O4. The molecule has 0 unspecified atom stereocenters. The molecule has 0 aliphatic carbocycles. The van der Waals surface area contributed by atoms with E-state index in [1.54, 1.807) is 0 Å². The molecule has 1 aromatic rings. The molecule has 0 fully saturated rings. The van der Waals surface area contributed by atoms with Gasteiger partial charge >= 0.3 is 12.0 Å². The fourth-order valence-corrected chi connectivity index (χ4v) is 0.648. The molecule has 0 spiro atoms. The maximum atomic E-state index is 11.0. The van der Waals surface area contributed by atoms with E-state index < -0.39 is 17.1 Å². The van der Waals surface area contributed by atoms with Crippen molar-refractivity contribution in [3.63, 3.8) is 0 Å². The Morgan fingerprint density at radius 1 is 1.36 bits per heavy atom. The largest absolute Gasteiger partial charge is 0.463 e. The lowest BCUT2D eigenvalue weighted by molar-refractivity contribution is -0.0930. The summed E-state index contributed by atoms with van der Waals surface area (Å²) in [5, 5.41) is 24.6. The summed E-state index contributed by atoms with van der Waals surface area (Å²) in [5.41, 5.74) is 4.79. The number of hydroxylamine groups is 2. The fourth-order valence-electron chi connectivity index (χ4n) is 0.648. The van der Waals surface area contributed by atoms with Crippen LogP contribution in [-0.4, -0.2) is 32.4 Å². The highest BCUT2D eigenvalue weighted by Gasteiger charge is 2.23. The molecule has 2 amide bonds. The van der Waals surface area contributed by atoms with Crippen molar-refractivity contribution in [1.29, 1.82) is 0 Å². The van der Waals surface area contributed by atoms with E-state index in [2.05, 4.69) is 10.2 Å². The van der Waals surface area contributed by atoms with Gasteiger partial charge in [0.25, 0.3) is 0 Å². The van der Waals surface area contributed by atoms with Gasteiger partial charge in [-0.15, -0.1) is 10.2 Å². The van der Waals surface area contributed by atoms with Gasteiger partial charge in [-0.25, -0.2) is 4.79 Å². The van der Waals surface area contributed by atoms with E-state index in [0.717, 1.165) is 6.07 Å². The molecule has 0 atom stereocenters. The van der Waals surface area contributed by atoms with E-state index in [-0.39, 0.29) is 11.5 Å². The van der Waals surface area contributed by atoms with E-state index in [4.69, 9.17) is 10.8 Å². The third kappa shape index (κ3) is 1.93. The summed E-state index contributed by atoms with van der Waals surface area (Å²) >= 11 is 0. The molecule has 1 rings (SSSR count). The van der Waals surface area contributed by atoms with E-state index in [1.807, 2.05) is 0 Å². The lowest BCUT2D eigenvalue weighted by Gasteiger charge is -2.03. The van der Waals surface area contributed by atoms with Crippen LogP contribution in [0.1, 0.15) is 10.5 Å². The van der Waals surface area contributed by atoms with Crippen molar-refractivity contribution >= 4 is 17.8 Å². The minimum atomic E-state index is -1.91. The molecule has 0 saturated heterocycles. The van der Waals surface area contributed by atoms with Crippen LogP contribution in [0.5, 0.6) is 0 Å². The lowest BCUT2D eigenvalue weighted by Crippen LogP contribution is -2.31. The molecule has 0 bridgehead atoms. The first-order valence-corrected chi connectivity index (χ1v) is 3.36. The number of nitrogens with two attached hydrogens (primary N) is 1. The SMILES string of the molecule is Nc1ccc(C(=O)N([O])C(=O)O)nn1. The molecule has 1 aromatic heterocycles. The highest BCUT2D eigenvalue weighted by molar-refractivity contribution is 5.99. The Bertz CT molecular complexity index is 363. The first-order chi connectivity index (χ1) is 6.52. The average molecular weight is 197 g/mol. The molecule has 73 valence electrons. The lowest BCUT2D eigenvalue weighted by atomic mass is 10.3.